The Kier molecular flexibility index (Phi) is 4.04. The highest BCUT2D eigenvalue weighted by molar-refractivity contribution is 6.63. The van der Waals surface area contributed by atoms with Gasteiger partial charge in [0.25, 0.3) is 0 Å². The lowest BCUT2D eigenvalue weighted by molar-refractivity contribution is -0.115. The van der Waals surface area contributed by atoms with Gasteiger partial charge in [-0.15, -0.1) is 0 Å². The van der Waals surface area contributed by atoms with Crippen molar-refractivity contribution in [3.63, 3.8) is 0 Å². The summed E-state index contributed by atoms with van der Waals surface area (Å²) in [6.45, 7) is 3.58. The van der Waals surface area contributed by atoms with E-state index in [-0.39, 0.29) is 6.61 Å². The summed E-state index contributed by atoms with van der Waals surface area (Å²) in [5, 5.41) is -0.483. The SMILES string of the molecule is [CH2]COCC(=O)Cl. The smallest absolute Gasteiger partial charge is 0.247 e. The summed E-state index contributed by atoms with van der Waals surface area (Å²) in [5.41, 5.74) is 0. The zero-order valence-electron chi connectivity index (χ0n) is 3.82. The van der Waals surface area contributed by atoms with Crippen LogP contribution in [0.25, 0.3) is 0 Å². The van der Waals surface area contributed by atoms with Crippen molar-refractivity contribution < 1.29 is 9.53 Å². The molecule has 0 aromatic heterocycles. The molecule has 0 saturated heterocycles. The van der Waals surface area contributed by atoms with Gasteiger partial charge in [0, 0.05) is 6.61 Å². The average molecular weight is 122 g/mol. The van der Waals surface area contributed by atoms with Crippen LogP contribution in [-0.4, -0.2) is 18.5 Å². The number of carbonyl (C=O) groups excluding carboxylic acids is 1. The topological polar surface area (TPSA) is 26.3 Å². The van der Waals surface area contributed by atoms with Crippen molar-refractivity contribution in [2.24, 2.45) is 0 Å². The molecule has 7 heavy (non-hydrogen) atoms. The van der Waals surface area contributed by atoms with Gasteiger partial charge >= 0.3 is 0 Å². The molecule has 0 atom stereocenters. The fourth-order valence-electron chi connectivity index (χ4n) is 0.152. The molecule has 0 saturated carbocycles. The molecule has 41 valence electrons. The lowest BCUT2D eigenvalue weighted by Gasteiger charge is -1.89. The van der Waals surface area contributed by atoms with Crippen LogP contribution in [0.5, 0.6) is 0 Å². The summed E-state index contributed by atoms with van der Waals surface area (Å²) in [6, 6.07) is 0. The third kappa shape index (κ3) is 5.92. The van der Waals surface area contributed by atoms with E-state index in [1.165, 1.54) is 0 Å². The minimum absolute atomic E-state index is 0.0367. The van der Waals surface area contributed by atoms with E-state index >= 15 is 0 Å². The van der Waals surface area contributed by atoms with Gasteiger partial charge in [-0.1, -0.05) is 0 Å². The van der Waals surface area contributed by atoms with Crippen molar-refractivity contribution in [2.75, 3.05) is 13.2 Å². The standard InChI is InChI=1S/C4H6ClO2/c1-2-7-3-4(5)6/h1-3H2. The maximum Gasteiger partial charge on any atom is 0.247 e. The van der Waals surface area contributed by atoms with Gasteiger partial charge in [-0.3, -0.25) is 4.79 Å². The number of halogens is 1. The number of hydrogen-bond donors (Lipinski definition) is 0. The number of rotatable bonds is 3. The molecule has 0 rings (SSSR count). The quantitative estimate of drug-likeness (QED) is 0.512. The van der Waals surface area contributed by atoms with Gasteiger partial charge in [0.1, 0.15) is 6.61 Å². The van der Waals surface area contributed by atoms with Crippen molar-refractivity contribution in [2.45, 2.75) is 0 Å². The third-order valence-corrected chi connectivity index (χ3v) is 0.469. The monoisotopic (exact) mass is 121 g/mol. The fourth-order valence-corrected chi connectivity index (χ4v) is 0.230. The molecule has 0 aliphatic heterocycles. The van der Waals surface area contributed by atoms with Crippen molar-refractivity contribution in [1.29, 1.82) is 0 Å². The maximum atomic E-state index is 9.82. The first-order valence-corrected chi connectivity index (χ1v) is 2.20. The molecule has 3 heteroatoms. The second-order valence-electron chi connectivity index (χ2n) is 0.908. The summed E-state index contributed by atoms with van der Waals surface area (Å²) < 4.78 is 4.50. The van der Waals surface area contributed by atoms with Crippen LogP contribution in [0.4, 0.5) is 0 Å². The van der Waals surface area contributed by atoms with Gasteiger partial charge in [-0.05, 0) is 18.5 Å². The number of carbonyl (C=O) groups is 1. The molecule has 0 unspecified atom stereocenters. The van der Waals surface area contributed by atoms with E-state index in [9.17, 15) is 4.79 Å². The van der Waals surface area contributed by atoms with E-state index in [2.05, 4.69) is 11.7 Å². The van der Waals surface area contributed by atoms with Crippen molar-refractivity contribution in [1.82, 2.24) is 0 Å². The van der Waals surface area contributed by atoms with Gasteiger partial charge < -0.3 is 4.74 Å². The van der Waals surface area contributed by atoms with Gasteiger partial charge in [-0.2, -0.15) is 0 Å². The average Bonchev–Trinajstić information content (AvgIpc) is 1.61. The maximum absolute atomic E-state index is 9.82. The van der Waals surface area contributed by atoms with Crippen molar-refractivity contribution >= 4 is 16.8 Å². The van der Waals surface area contributed by atoms with Crippen LogP contribution in [0.15, 0.2) is 0 Å². The minimum atomic E-state index is -0.483. The van der Waals surface area contributed by atoms with E-state index in [0.29, 0.717) is 6.61 Å². The lowest BCUT2D eigenvalue weighted by Crippen LogP contribution is -1.99. The second kappa shape index (κ2) is 4.09. The summed E-state index contributed by atoms with van der Waals surface area (Å²) in [5.74, 6) is 0. The summed E-state index contributed by atoms with van der Waals surface area (Å²) in [4.78, 5) is 9.82. The van der Waals surface area contributed by atoms with Crippen molar-refractivity contribution in [3.05, 3.63) is 6.92 Å². The van der Waals surface area contributed by atoms with Gasteiger partial charge in [0.05, 0.1) is 0 Å². The Labute approximate surface area is 47.4 Å². The molecule has 0 aromatic rings. The van der Waals surface area contributed by atoms with Gasteiger partial charge in [0.15, 0.2) is 0 Å². The second-order valence-corrected chi connectivity index (χ2v) is 1.33. The minimum Gasteiger partial charge on any atom is -0.372 e. The largest absolute Gasteiger partial charge is 0.372 e. The molecule has 0 heterocycles. The molecule has 0 N–H and O–H groups in total. The van der Waals surface area contributed by atoms with Crippen LogP contribution < -0.4 is 0 Å². The first kappa shape index (κ1) is 6.92. The van der Waals surface area contributed by atoms with Crippen LogP contribution in [0.1, 0.15) is 0 Å². The molecule has 0 bridgehead atoms. The van der Waals surface area contributed by atoms with Crippen LogP contribution in [0.2, 0.25) is 0 Å². The molecular weight excluding hydrogens is 115 g/mol. The third-order valence-electron chi connectivity index (χ3n) is 0.360. The van der Waals surface area contributed by atoms with Gasteiger partial charge in [0.2, 0.25) is 5.24 Å². The Morgan fingerprint density at radius 3 is 2.57 bits per heavy atom. The molecule has 2 nitrogen and oxygen atoms in total. The first-order chi connectivity index (χ1) is 3.27. The fraction of sp³-hybridized carbons (Fsp3) is 0.500. The van der Waals surface area contributed by atoms with Crippen LogP contribution in [-0.2, 0) is 9.53 Å². The normalized spacial score (nSPS) is 8.86. The molecule has 0 spiro atoms. The Hall–Kier alpha value is -0.0800. The number of ether oxygens (including phenoxy) is 1. The Morgan fingerprint density at radius 2 is 2.43 bits per heavy atom. The highest BCUT2D eigenvalue weighted by atomic mass is 35.5. The summed E-state index contributed by atoms with van der Waals surface area (Å²) >= 11 is 4.86. The highest BCUT2D eigenvalue weighted by Crippen LogP contribution is 1.79. The van der Waals surface area contributed by atoms with Crippen LogP contribution in [0.3, 0.4) is 0 Å². The Balaban J connectivity index is 2.82. The molecule has 0 aliphatic carbocycles. The van der Waals surface area contributed by atoms with Crippen LogP contribution in [0, 0.1) is 6.92 Å². The molecule has 0 aliphatic rings. The van der Waals surface area contributed by atoms with E-state index in [1.54, 1.807) is 0 Å². The highest BCUT2D eigenvalue weighted by Gasteiger charge is 1.90. The van der Waals surface area contributed by atoms with Gasteiger partial charge in [-0.25, -0.2) is 0 Å². The molecule has 0 aromatic carbocycles. The zero-order chi connectivity index (χ0) is 5.70. The Morgan fingerprint density at radius 1 is 1.86 bits per heavy atom. The lowest BCUT2D eigenvalue weighted by atomic mass is 10.8. The van der Waals surface area contributed by atoms with E-state index in [0.717, 1.165) is 0 Å². The molecular formula is C4H6ClO2. The van der Waals surface area contributed by atoms with E-state index in [1.807, 2.05) is 0 Å². The van der Waals surface area contributed by atoms with Crippen LogP contribution >= 0.6 is 11.6 Å². The molecule has 0 amide bonds. The number of hydrogen-bond acceptors (Lipinski definition) is 2. The zero-order valence-corrected chi connectivity index (χ0v) is 4.57. The molecule has 1 radical (unpaired) electrons. The van der Waals surface area contributed by atoms with Crippen molar-refractivity contribution in [3.8, 4) is 0 Å². The first-order valence-electron chi connectivity index (χ1n) is 1.82. The summed E-state index contributed by atoms with van der Waals surface area (Å²) in [6.07, 6.45) is 0. The summed E-state index contributed by atoms with van der Waals surface area (Å²) in [7, 11) is 0. The Bertz CT molecular complexity index is 62.7. The predicted octanol–water partition coefficient (Wildman–Crippen LogP) is 0.602. The molecule has 0 fully saturated rings. The van der Waals surface area contributed by atoms with E-state index < -0.39 is 5.24 Å². The van der Waals surface area contributed by atoms with E-state index in [4.69, 9.17) is 11.6 Å². The predicted molar refractivity (Wildman–Crippen MR) is 27.0 cm³/mol.